The smallest absolute Gasteiger partial charge is 0.336 e. The topological polar surface area (TPSA) is 39.4 Å². The molecular weight excluding hydrogens is 380 g/mol. The molecular formula is C21H15BrO3. The largest absolute Gasteiger partial charge is 0.488 e. The molecule has 0 fully saturated rings. The number of rotatable bonds is 3. The van der Waals surface area contributed by atoms with Crippen LogP contribution in [-0.2, 0) is 6.61 Å². The summed E-state index contributed by atoms with van der Waals surface area (Å²) in [5.74, 6) is 0.743. The van der Waals surface area contributed by atoms with Gasteiger partial charge in [-0.15, -0.1) is 0 Å². The number of fused-ring (bicyclic) bond motifs is 3. The fourth-order valence-corrected chi connectivity index (χ4v) is 3.62. The third-order valence-electron chi connectivity index (χ3n) is 4.19. The summed E-state index contributed by atoms with van der Waals surface area (Å²) < 4.78 is 12.2. The first-order valence-corrected chi connectivity index (χ1v) is 8.74. The zero-order valence-electron chi connectivity index (χ0n) is 13.6. The monoisotopic (exact) mass is 394 g/mol. The van der Waals surface area contributed by atoms with Crippen molar-refractivity contribution >= 4 is 37.7 Å². The van der Waals surface area contributed by atoms with E-state index < -0.39 is 0 Å². The summed E-state index contributed by atoms with van der Waals surface area (Å²) in [6.07, 6.45) is 0. The van der Waals surface area contributed by atoms with Crippen molar-refractivity contribution in [1.82, 2.24) is 0 Å². The Balaban J connectivity index is 1.83. The summed E-state index contributed by atoms with van der Waals surface area (Å²) in [4.78, 5) is 11.9. The van der Waals surface area contributed by atoms with E-state index >= 15 is 0 Å². The van der Waals surface area contributed by atoms with Gasteiger partial charge in [0.1, 0.15) is 17.9 Å². The standard InChI is InChI=1S/C21H15BrO3/c1-13-6-8-18(17(22)10-13)24-12-15-11-20(23)25-19-9-7-14-4-2-3-5-16(14)21(15)19/h2-11H,12H2,1H3. The van der Waals surface area contributed by atoms with Crippen LogP contribution in [0.2, 0.25) is 0 Å². The summed E-state index contributed by atoms with van der Waals surface area (Å²) in [6, 6.07) is 19.3. The van der Waals surface area contributed by atoms with E-state index in [1.165, 1.54) is 6.07 Å². The van der Waals surface area contributed by atoms with E-state index in [2.05, 4.69) is 15.9 Å². The Hall–Kier alpha value is -2.59. The normalized spacial score (nSPS) is 11.1. The molecule has 25 heavy (non-hydrogen) atoms. The molecule has 0 unspecified atom stereocenters. The molecule has 124 valence electrons. The minimum Gasteiger partial charge on any atom is -0.488 e. The Morgan fingerprint density at radius 1 is 1.04 bits per heavy atom. The lowest BCUT2D eigenvalue weighted by Gasteiger charge is -2.11. The Labute approximate surface area is 153 Å². The third-order valence-corrected chi connectivity index (χ3v) is 4.80. The van der Waals surface area contributed by atoms with E-state index in [4.69, 9.17) is 9.15 Å². The highest BCUT2D eigenvalue weighted by molar-refractivity contribution is 9.10. The summed E-state index contributed by atoms with van der Waals surface area (Å²) in [5.41, 5.74) is 2.17. The van der Waals surface area contributed by atoms with Gasteiger partial charge >= 0.3 is 5.63 Å². The van der Waals surface area contributed by atoms with Crippen LogP contribution in [0.3, 0.4) is 0 Å². The van der Waals surface area contributed by atoms with Gasteiger partial charge in [0.05, 0.1) is 4.47 Å². The zero-order valence-corrected chi connectivity index (χ0v) is 15.2. The van der Waals surface area contributed by atoms with Crippen molar-refractivity contribution in [3.8, 4) is 5.75 Å². The molecule has 0 spiro atoms. The van der Waals surface area contributed by atoms with Crippen LogP contribution in [0.4, 0.5) is 0 Å². The average Bonchev–Trinajstić information content (AvgIpc) is 2.60. The maximum absolute atomic E-state index is 11.9. The van der Waals surface area contributed by atoms with Crippen LogP contribution >= 0.6 is 15.9 Å². The van der Waals surface area contributed by atoms with Crippen molar-refractivity contribution in [1.29, 1.82) is 0 Å². The van der Waals surface area contributed by atoms with Crippen molar-refractivity contribution in [2.24, 2.45) is 0 Å². The number of hydrogen-bond acceptors (Lipinski definition) is 3. The van der Waals surface area contributed by atoms with Crippen molar-refractivity contribution < 1.29 is 9.15 Å². The van der Waals surface area contributed by atoms with Crippen LogP contribution < -0.4 is 10.4 Å². The second-order valence-electron chi connectivity index (χ2n) is 5.97. The molecule has 0 amide bonds. The molecule has 3 aromatic carbocycles. The molecule has 0 aliphatic rings. The van der Waals surface area contributed by atoms with Gasteiger partial charge in [-0.2, -0.15) is 0 Å². The fraction of sp³-hybridized carbons (Fsp3) is 0.0952. The first kappa shape index (κ1) is 15.9. The number of halogens is 1. The molecule has 0 bridgehead atoms. The van der Waals surface area contributed by atoms with E-state index in [1.807, 2.05) is 61.5 Å². The van der Waals surface area contributed by atoms with Gasteiger partial charge in [0.2, 0.25) is 0 Å². The Bertz CT molecular complexity index is 1140. The minimum atomic E-state index is -0.371. The van der Waals surface area contributed by atoms with Crippen molar-refractivity contribution in [3.63, 3.8) is 0 Å². The Morgan fingerprint density at radius 3 is 2.72 bits per heavy atom. The molecule has 0 radical (unpaired) electrons. The number of benzene rings is 3. The summed E-state index contributed by atoms with van der Waals surface area (Å²) in [5, 5.41) is 3.06. The maximum atomic E-state index is 11.9. The predicted octanol–water partition coefficient (Wildman–Crippen LogP) is 5.60. The van der Waals surface area contributed by atoms with E-state index in [0.29, 0.717) is 5.58 Å². The molecule has 0 saturated carbocycles. The van der Waals surface area contributed by atoms with Crippen molar-refractivity contribution in [2.45, 2.75) is 13.5 Å². The highest BCUT2D eigenvalue weighted by Gasteiger charge is 2.11. The van der Waals surface area contributed by atoms with Gasteiger partial charge in [0.15, 0.2) is 0 Å². The summed E-state index contributed by atoms with van der Waals surface area (Å²) in [6.45, 7) is 2.31. The zero-order chi connectivity index (χ0) is 17.4. The first-order valence-electron chi connectivity index (χ1n) is 7.95. The first-order chi connectivity index (χ1) is 12.1. The molecule has 0 atom stereocenters. The lowest BCUT2D eigenvalue weighted by Crippen LogP contribution is -2.04. The minimum absolute atomic E-state index is 0.289. The molecule has 3 nitrogen and oxygen atoms in total. The second kappa shape index (κ2) is 6.37. The van der Waals surface area contributed by atoms with Crippen molar-refractivity contribution in [2.75, 3.05) is 0 Å². The van der Waals surface area contributed by atoms with Crippen LogP contribution in [0.1, 0.15) is 11.1 Å². The fourth-order valence-electron chi connectivity index (χ4n) is 3.01. The molecule has 4 heteroatoms. The number of aryl methyl sites for hydroxylation is 1. The van der Waals surface area contributed by atoms with Gasteiger partial charge < -0.3 is 9.15 Å². The predicted molar refractivity (Wildman–Crippen MR) is 103 cm³/mol. The average molecular weight is 395 g/mol. The van der Waals surface area contributed by atoms with Crippen LogP contribution in [0.25, 0.3) is 21.7 Å². The van der Waals surface area contributed by atoms with E-state index in [9.17, 15) is 4.79 Å². The van der Waals surface area contributed by atoms with E-state index in [1.54, 1.807) is 0 Å². The number of ether oxygens (including phenoxy) is 1. The van der Waals surface area contributed by atoms with Gasteiger partial charge in [0, 0.05) is 17.0 Å². The van der Waals surface area contributed by atoms with Gasteiger partial charge in [-0.05, 0) is 57.4 Å². The van der Waals surface area contributed by atoms with Gasteiger partial charge in [0.25, 0.3) is 0 Å². The summed E-state index contributed by atoms with van der Waals surface area (Å²) in [7, 11) is 0. The quantitative estimate of drug-likeness (QED) is 0.335. The lowest BCUT2D eigenvalue weighted by atomic mass is 10.0. The summed E-state index contributed by atoms with van der Waals surface area (Å²) >= 11 is 3.52. The molecule has 0 saturated heterocycles. The molecule has 0 aliphatic carbocycles. The van der Waals surface area contributed by atoms with Gasteiger partial charge in [-0.1, -0.05) is 36.4 Å². The van der Waals surface area contributed by atoms with Gasteiger partial charge in [-0.25, -0.2) is 4.79 Å². The molecule has 0 aliphatic heterocycles. The highest BCUT2D eigenvalue weighted by atomic mass is 79.9. The van der Waals surface area contributed by atoms with Crippen LogP contribution in [0, 0.1) is 6.92 Å². The van der Waals surface area contributed by atoms with Crippen molar-refractivity contribution in [3.05, 3.63) is 86.7 Å². The van der Waals surface area contributed by atoms with Crippen LogP contribution in [-0.4, -0.2) is 0 Å². The lowest BCUT2D eigenvalue weighted by molar-refractivity contribution is 0.304. The molecule has 1 heterocycles. The van der Waals surface area contributed by atoms with Gasteiger partial charge in [-0.3, -0.25) is 0 Å². The second-order valence-corrected chi connectivity index (χ2v) is 6.83. The highest BCUT2D eigenvalue weighted by Crippen LogP contribution is 2.30. The third kappa shape index (κ3) is 3.05. The SMILES string of the molecule is Cc1ccc(OCc2cc(=O)oc3ccc4ccccc4c23)c(Br)c1. The van der Waals surface area contributed by atoms with E-state index in [-0.39, 0.29) is 12.2 Å². The molecule has 0 N–H and O–H groups in total. The molecule has 4 aromatic rings. The Kier molecular flexibility index (Phi) is 4.06. The van der Waals surface area contributed by atoms with Crippen LogP contribution in [0.5, 0.6) is 5.75 Å². The number of hydrogen-bond donors (Lipinski definition) is 0. The maximum Gasteiger partial charge on any atom is 0.336 e. The van der Waals surface area contributed by atoms with E-state index in [0.717, 1.165) is 37.5 Å². The molecule has 4 rings (SSSR count). The molecule has 1 aromatic heterocycles. The van der Waals surface area contributed by atoms with Crippen LogP contribution in [0.15, 0.2) is 74.3 Å². The Morgan fingerprint density at radius 2 is 1.88 bits per heavy atom.